The minimum absolute atomic E-state index is 0.310. The van der Waals surface area contributed by atoms with Crippen molar-refractivity contribution < 1.29 is 0 Å². The number of hydrogen-bond acceptors (Lipinski definition) is 2. The van der Waals surface area contributed by atoms with Crippen LogP contribution in [0.3, 0.4) is 0 Å². The Hall–Kier alpha value is -0.830. The SMILES string of the molecule is Cc1cc(Cl)ccc1NC1CCSc2ccc(Cl)cc21. The van der Waals surface area contributed by atoms with Crippen molar-refractivity contribution in [1.29, 1.82) is 0 Å². The molecule has 1 aliphatic heterocycles. The van der Waals surface area contributed by atoms with Crippen LogP contribution >= 0.6 is 35.0 Å². The van der Waals surface area contributed by atoms with Crippen molar-refractivity contribution in [3.05, 3.63) is 57.6 Å². The van der Waals surface area contributed by atoms with Crippen molar-refractivity contribution in [2.75, 3.05) is 11.1 Å². The van der Waals surface area contributed by atoms with E-state index in [4.69, 9.17) is 23.2 Å². The second-order valence-corrected chi connectivity index (χ2v) is 6.99. The van der Waals surface area contributed by atoms with Crippen molar-refractivity contribution in [3.8, 4) is 0 Å². The summed E-state index contributed by atoms with van der Waals surface area (Å²) in [5, 5.41) is 5.20. The molecule has 0 aliphatic carbocycles. The van der Waals surface area contributed by atoms with Crippen molar-refractivity contribution in [2.45, 2.75) is 24.3 Å². The van der Waals surface area contributed by atoms with Crippen LogP contribution in [-0.4, -0.2) is 5.75 Å². The normalized spacial score (nSPS) is 17.6. The molecule has 2 aromatic carbocycles. The lowest BCUT2D eigenvalue weighted by molar-refractivity contribution is 0.728. The van der Waals surface area contributed by atoms with E-state index in [9.17, 15) is 0 Å². The smallest absolute Gasteiger partial charge is 0.0533 e. The van der Waals surface area contributed by atoms with Crippen LogP contribution in [0.5, 0.6) is 0 Å². The molecule has 1 atom stereocenters. The number of thioether (sulfide) groups is 1. The summed E-state index contributed by atoms with van der Waals surface area (Å²) in [5.41, 5.74) is 3.60. The number of hydrogen-bond donors (Lipinski definition) is 1. The topological polar surface area (TPSA) is 12.0 Å². The minimum Gasteiger partial charge on any atom is -0.378 e. The molecule has 1 nitrogen and oxygen atoms in total. The average molecular weight is 324 g/mol. The van der Waals surface area contributed by atoms with Gasteiger partial charge in [-0.1, -0.05) is 23.2 Å². The van der Waals surface area contributed by atoms with E-state index in [2.05, 4.69) is 24.4 Å². The number of anilines is 1. The van der Waals surface area contributed by atoms with Gasteiger partial charge in [0.1, 0.15) is 0 Å². The van der Waals surface area contributed by atoms with Crippen LogP contribution in [0.15, 0.2) is 41.3 Å². The van der Waals surface area contributed by atoms with Gasteiger partial charge in [-0.15, -0.1) is 11.8 Å². The van der Waals surface area contributed by atoms with E-state index in [0.717, 1.165) is 27.9 Å². The maximum absolute atomic E-state index is 6.14. The van der Waals surface area contributed by atoms with Gasteiger partial charge in [0.05, 0.1) is 6.04 Å². The Kier molecular flexibility index (Phi) is 4.16. The Morgan fingerprint density at radius 2 is 1.85 bits per heavy atom. The van der Waals surface area contributed by atoms with Crippen LogP contribution in [-0.2, 0) is 0 Å². The predicted molar refractivity (Wildman–Crippen MR) is 89.3 cm³/mol. The monoisotopic (exact) mass is 323 g/mol. The predicted octanol–water partition coefficient (Wildman–Crippen LogP) is 5.95. The highest BCUT2D eigenvalue weighted by molar-refractivity contribution is 7.99. The molecule has 1 aliphatic rings. The molecule has 2 aromatic rings. The molecule has 3 rings (SSSR count). The van der Waals surface area contributed by atoms with E-state index in [1.807, 2.05) is 36.0 Å². The molecule has 104 valence electrons. The van der Waals surface area contributed by atoms with Gasteiger partial charge in [0.15, 0.2) is 0 Å². The highest BCUT2D eigenvalue weighted by atomic mass is 35.5. The first kappa shape index (κ1) is 14.1. The first-order valence-corrected chi connectivity index (χ1v) is 8.32. The Morgan fingerprint density at radius 1 is 1.10 bits per heavy atom. The molecule has 4 heteroatoms. The van der Waals surface area contributed by atoms with E-state index < -0.39 is 0 Å². The first-order valence-electron chi connectivity index (χ1n) is 6.58. The summed E-state index contributed by atoms with van der Waals surface area (Å²) in [7, 11) is 0. The van der Waals surface area contributed by atoms with E-state index in [1.165, 1.54) is 16.0 Å². The molecule has 0 radical (unpaired) electrons. The van der Waals surface area contributed by atoms with Crippen LogP contribution < -0.4 is 5.32 Å². The molecule has 0 saturated carbocycles. The van der Waals surface area contributed by atoms with Crippen molar-refractivity contribution in [1.82, 2.24) is 0 Å². The van der Waals surface area contributed by atoms with Gasteiger partial charge in [-0.25, -0.2) is 0 Å². The van der Waals surface area contributed by atoms with Gasteiger partial charge < -0.3 is 5.32 Å². The minimum atomic E-state index is 0.310. The van der Waals surface area contributed by atoms with Crippen LogP contribution in [0.4, 0.5) is 5.69 Å². The zero-order valence-corrected chi connectivity index (χ0v) is 13.4. The quantitative estimate of drug-likeness (QED) is 0.732. The molecule has 1 heterocycles. The van der Waals surface area contributed by atoms with Gasteiger partial charge in [-0.05, 0) is 60.9 Å². The maximum atomic E-state index is 6.14. The lowest BCUT2D eigenvalue weighted by atomic mass is 10.0. The molecule has 20 heavy (non-hydrogen) atoms. The molecule has 1 unspecified atom stereocenters. The molecule has 0 aromatic heterocycles. The molecule has 1 N–H and O–H groups in total. The summed E-state index contributed by atoms with van der Waals surface area (Å²) < 4.78 is 0. The summed E-state index contributed by atoms with van der Waals surface area (Å²) in [6, 6.07) is 12.4. The van der Waals surface area contributed by atoms with Gasteiger partial charge in [0, 0.05) is 26.4 Å². The lowest BCUT2D eigenvalue weighted by Crippen LogP contribution is -2.16. The third-order valence-electron chi connectivity index (χ3n) is 3.53. The zero-order chi connectivity index (χ0) is 14.1. The summed E-state index contributed by atoms with van der Waals surface area (Å²) in [5.74, 6) is 1.12. The standard InChI is InChI=1S/C16H15Cl2NS/c1-10-8-11(17)2-4-14(10)19-15-6-7-20-16-5-3-12(18)9-13(15)16/h2-5,8-9,15,19H,6-7H2,1H3. The number of fused-ring (bicyclic) bond motifs is 1. The van der Waals surface area contributed by atoms with Crippen LogP contribution in [0.1, 0.15) is 23.6 Å². The van der Waals surface area contributed by atoms with E-state index >= 15 is 0 Å². The molecule has 0 fully saturated rings. The summed E-state index contributed by atoms with van der Waals surface area (Å²) in [6.07, 6.45) is 1.10. The zero-order valence-electron chi connectivity index (χ0n) is 11.1. The number of rotatable bonds is 2. The highest BCUT2D eigenvalue weighted by Gasteiger charge is 2.21. The molecule has 0 bridgehead atoms. The van der Waals surface area contributed by atoms with Crippen LogP contribution in [0, 0.1) is 6.92 Å². The number of benzene rings is 2. The van der Waals surface area contributed by atoms with Crippen LogP contribution in [0.25, 0.3) is 0 Å². The molecular formula is C16H15Cl2NS. The molecule has 0 spiro atoms. The van der Waals surface area contributed by atoms with E-state index in [1.54, 1.807) is 0 Å². The van der Waals surface area contributed by atoms with Crippen molar-refractivity contribution >= 4 is 40.7 Å². The fourth-order valence-corrected chi connectivity index (χ4v) is 4.00. The molecular weight excluding hydrogens is 309 g/mol. The van der Waals surface area contributed by atoms with Crippen molar-refractivity contribution in [2.24, 2.45) is 0 Å². The second kappa shape index (κ2) is 5.88. The average Bonchev–Trinajstić information content (AvgIpc) is 2.42. The number of halogens is 2. The summed E-state index contributed by atoms with van der Waals surface area (Å²) >= 11 is 14.1. The third kappa shape index (κ3) is 2.93. The van der Waals surface area contributed by atoms with E-state index in [0.29, 0.717) is 6.04 Å². The molecule has 0 saturated heterocycles. The highest BCUT2D eigenvalue weighted by Crippen LogP contribution is 2.39. The Morgan fingerprint density at radius 3 is 2.65 bits per heavy atom. The summed E-state index contributed by atoms with van der Waals surface area (Å²) in [6.45, 7) is 2.07. The van der Waals surface area contributed by atoms with Crippen LogP contribution in [0.2, 0.25) is 10.0 Å². The number of nitrogens with one attached hydrogen (secondary N) is 1. The maximum Gasteiger partial charge on any atom is 0.0533 e. The van der Waals surface area contributed by atoms with Gasteiger partial charge in [-0.3, -0.25) is 0 Å². The Bertz CT molecular complexity index is 642. The Balaban J connectivity index is 1.91. The van der Waals surface area contributed by atoms with Gasteiger partial charge >= 0.3 is 0 Å². The number of aryl methyl sites for hydroxylation is 1. The fourth-order valence-electron chi connectivity index (χ4n) is 2.49. The Labute approximate surface area is 133 Å². The largest absolute Gasteiger partial charge is 0.378 e. The van der Waals surface area contributed by atoms with E-state index in [-0.39, 0.29) is 0 Å². The molecule has 0 amide bonds. The lowest BCUT2D eigenvalue weighted by Gasteiger charge is -2.27. The second-order valence-electron chi connectivity index (χ2n) is 4.98. The van der Waals surface area contributed by atoms with Gasteiger partial charge in [0.2, 0.25) is 0 Å². The van der Waals surface area contributed by atoms with Gasteiger partial charge in [0.25, 0.3) is 0 Å². The van der Waals surface area contributed by atoms with Gasteiger partial charge in [-0.2, -0.15) is 0 Å². The first-order chi connectivity index (χ1) is 9.63. The van der Waals surface area contributed by atoms with Crippen molar-refractivity contribution in [3.63, 3.8) is 0 Å². The summed E-state index contributed by atoms with van der Waals surface area (Å²) in [4.78, 5) is 1.32. The fraction of sp³-hybridized carbons (Fsp3) is 0.250. The third-order valence-corrected chi connectivity index (χ3v) is 5.12.